The molecule has 0 N–H and O–H groups in total. The second-order valence-corrected chi connectivity index (χ2v) is 4.41. The second kappa shape index (κ2) is 5.72. The van der Waals surface area contributed by atoms with Gasteiger partial charge in [0, 0.05) is 18.3 Å². The van der Waals surface area contributed by atoms with E-state index in [1.54, 1.807) is 0 Å². The standard InChI is InChI=1S/C16H21N/c1-3-15-12-7-5-6-10-14-11-8-9-13-16(14)17(15)4-2/h5-9,11-13,15H,3-4,10H2,1-2H3/b6-5-,12-7-. The molecule has 1 unspecified atom stereocenters. The SMILES string of the molecule is CCC1/C=C\C=C/Cc2ccccc2N1CC. The fourth-order valence-electron chi connectivity index (χ4n) is 2.47. The van der Waals surface area contributed by atoms with Crippen LogP contribution in [0.15, 0.2) is 48.6 Å². The summed E-state index contributed by atoms with van der Waals surface area (Å²) < 4.78 is 0. The Balaban J connectivity index is 2.45. The molecule has 0 fully saturated rings. The van der Waals surface area contributed by atoms with Gasteiger partial charge in [-0.15, -0.1) is 0 Å². The summed E-state index contributed by atoms with van der Waals surface area (Å²) in [6.07, 6.45) is 11.1. The molecule has 0 aliphatic carbocycles. The first-order chi connectivity index (χ1) is 8.36. The van der Waals surface area contributed by atoms with Gasteiger partial charge in [-0.1, -0.05) is 49.4 Å². The average Bonchev–Trinajstić information content (AvgIpc) is 2.46. The van der Waals surface area contributed by atoms with E-state index in [-0.39, 0.29) is 0 Å². The molecule has 1 aromatic carbocycles. The predicted molar refractivity (Wildman–Crippen MR) is 75.5 cm³/mol. The Kier molecular flexibility index (Phi) is 4.03. The van der Waals surface area contributed by atoms with Gasteiger partial charge in [-0.05, 0) is 31.4 Å². The molecule has 0 bridgehead atoms. The van der Waals surface area contributed by atoms with Crippen LogP contribution in [0, 0.1) is 0 Å². The van der Waals surface area contributed by atoms with E-state index in [1.807, 2.05) is 0 Å². The normalized spacial score (nSPS) is 23.2. The molecule has 1 heterocycles. The van der Waals surface area contributed by atoms with E-state index in [2.05, 4.69) is 67.3 Å². The summed E-state index contributed by atoms with van der Waals surface area (Å²) in [4.78, 5) is 2.50. The summed E-state index contributed by atoms with van der Waals surface area (Å²) in [5.74, 6) is 0. The topological polar surface area (TPSA) is 3.24 Å². The van der Waals surface area contributed by atoms with Crippen LogP contribution in [0.1, 0.15) is 25.8 Å². The van der Waals surface area contributed by atoms with Gasteiger partial charge in [0.2, 0.25) is 0 Å². The van der Waals surface area contributed by atoms with E-state index in [9.17, 15) is 0 Å². The molecule has 1 aliphatic heterocycles. The molecule has 0 saturated heterocycles. The molecule has 1 atom stereocenters. The largest absolute Gasteiger partial charge is 0.365 e. The maximum Gasteiger partial charge on any atom is 0.0473 e. The monoisotopic (exact) mass is 227 g/mol. The summed E-state index contributed by atoms with van der Waals surface area (Å²) in [5, 5.41) is 0. The molecule has 0 aromatic heterocycles. The fraction of sp³-hybridized carbons (Fsp3) is 0.375. The average molecular weight is 227 g/mol. The summed E-state index contributed by atoms with van der Waals surface area (Å²) in [6, 6.07) is 9.25. The number of hydrogen-bond donors (Lipinski definition) is 0. The third-order valence-electron chi connectivity index (χ3n) is 3.38. The lowest BCUT2D eigenvalue weighted by Crippen LogP contribution is -2.33. The van der Waals surface area contributed by atoms with Crippen LogP contribution in [0.3, 0.4) is 0 Å². The summed E-state index contributed by atoms with van der Waals surface area (Å²) >= 11 is 0. The van der Waals surface area contributed by atoms with Crippen LogP contribution in [-0.2, 0) is 6.42 Å². The van der Waals surface area contributed by atoms with Crippen LogP contribution in [0.5, 0.6) is 0 Å². The number of hydrogen-bond acceptors (Lipinski definition) is 1. The summed E-state index contributed by atoms with van der Waals surface area (Å²) in [5.41, 5.74) is 2.81. The van der Waals surface area contributed by atoms with E-state index in [4.69, 9.17) is 0 Å². The van der Waals surface area contributed by atoms with E-state index in [0.717, 1.165) is 19.4 Å². The molecule has 0 saturated carbocycles. The van der Waals surface area contributed by atoms with Gasteiger partial charge in [-0.2, -0.15) is 0 Å². The molecule has 1 aromatic rings. The van der Waals surface area contributed by atoms with Gasteiger partial charge in [-0.3, -0.25) is 0 Å². The zero-order valence-corrected chi connectivity index (χ0v) is 10.8. The molecule has 17 heavy (non-hydrogen) atoms. The van der Waals surface area contributed by atoms with Crippen molar-refractivity contribution in [3.05, 3.63) is 54.1 Å². The van der Waals surface area contributed by atoms with Crippen LogP contribution in [0.4, 0.5) is 5.69 Å². The molecular formula is C16H21N. The van der Waals surface area contributed by atoms with Gasteiger partial charge in [0.05, 0.1) is 0 Å². The quantitative estimate of drug-likeness (QED) is 0.739. The number of likely N-dealkylation sites (N-methyl/N-ethyl adjacent to an activating group) is 1. The highest BCUT2D eigenvalue weighted by Gasteiger charge is 2.15. The Morgan fingerprint density at radius 3 is 2.76 bits per heavy atom. The Hall–Kier alpha value is -1.50. The van der Waals surface area contributed by atoms with Gasteiger partial charge in [0.25, 0.3) is 0 Å². The lowest BCUT2D eigenvalue weighted by atomic mass is 10.1. The minimum atomic E-state index is 0.504. The first kappa shape index (κ1) is 12.0. The Bertz CT molecular complexity index is 417. The number of allylic oxidation sites excluding steroid dienone is 3. The maximum absolute atomic E-state index is 2.50. The fourth-order valence-corrected chi connectivity index (χ4v) is 2.47. The molecule has 0 spiro atoms. The van der Waals surface area contributed by atoms with Crippen LogP contribution in [-0.4, -0.2) is 12.6 Å². The summed E-state index contributed by atoms with van der Waals surface area (Å²) in [7, 11) is 0. The molecule has 1 aliphatic rings. The zero-order chi connectivity index (χ0) is 12.1. The van der Waals surface area contributed by atoms with Crippen molar-refractivity contribution in [1.29, 1.82) is 0 Å². The smallest absolute Gasteiger partial charge is 0.0473 e. The van der Waals surface area contributed by atoms with Crippen molar-refractivity contribution in [2.24, 2.45) is 0 Å². The van der Waals surface area contributed by atoms with Gasteiger partial charge in [0.15, 0.2) is 0 Å². The lowest BCUT2D eigenvalue weighted by molar-refractivity contribution is 0.679. The molecule has 90 valence electrons. The highest BCUT2D eigenvalue weighted by Crippen LogP contribution is 2.25. The third kappa shape index (κ3) is 2.60. The highest BCUT2D eigenvalue weighted by atomic mass is 15.2. The molecule has 0 amide bonds. The first-order valence-corrected chi connectivity index (χ1v) is 6.54. The van der Waals surface area contributed by atoms with Crippen molar-refractivity contribution < 1.29 is 0 Å². The number of benzene rings is 1. The van der Waals surface area contributed by atoms with Gasteiger partial charge in [0.1, 0.15) is 0 Å². The second-order valence-electron chi connectivity index (χ2n) is 4.41. The minimum absolute atomic E-state index is 0.504. The van der Waals surface area contributed by atoms with Crippen molar-refractivity contribution >= 4 is 5.69 Å². The van der Waals surface area contributed by atoms with Gasteiger partial charge >= 0.3 is 0 Å². The van der Waals surface area contributed by atoms with Crippen molar-refractivity contribution in [3.8, 4) is 0 Å². The first-order valence-electron chi connectivity index (χ1n) is 6.54. The Labute approximate surface area is 104 Å². The van der Waals surface area contributed by atoms with E-state index >= 15 is 0 Å². The third-order valence-corrected chi connectivity index (χ3v) is 3.38. The number of rotatable bonds is 2. The number of anilines is 1. The van der Waals surface area contributed by atoms with Crippen LogP contribution in [0.25, 0.3) is 0 Å². The van der Waals surface area contributed by atoms with Crippen molar-refractivity contribution in [2.45, 2.75) is 32.7 Å². The summed E-state index contributed by atoms with van der Waals surface area (Å²) in [6.45, 7) is 5.54. The number of para-hydroxylation sites is 1. The molecule has 2 rings (SSSR count). The molecule has 1 nitrogen and oxygen atoms in total. The van der Waals surface area contributed by atoms with E-state index < -0.39 is 0 Å². The van der Waals surface area contributed by atoms with Crippen molar-refractivity contribution in [2.75, 3.05) is 11.4 Å². The predicted octanol–water partition coefficient (Wildman–Crippen LogP) is 3.96. The van der Waals surface area contributed by atoms with Crippen LogP contribution < -0.4 is 4.90 Å². The van der Waals surface area contributed by atoms with Gasteiger partial charge in [-0.25, -0.2) is 0 Å². The number of fused-ring (bicyclic) bond motifs is 1. The van der Waals surface area contributed by atoms with E-state index in [0.29, 0.717) is 6.04 Å². The van der Waals surface area contributed by atoms with Crippen molar-refractivity contribution in [1.82, 2.24) is 0 Å². The lowest BCUT2D eigenvalue weighted by Gasteiger charge is -2.31. The van der Waals surface area contributed by atoms with Crippen LogP contribution in [0.2, 0.25) is 0 Å². The van der Waals surface area contributed by atoms with Crippen LogP contribution >= 0.6 is 0 Å². The minimum Gasteiger partial charge on any atom is -0.365 e. The van der Waals surface area contributed by atoms with Crippen molar-refractivity contribution in [3.63, 3.8) is 0 Å². The van der Waals surface area contributed by atoms with E-state index in [1.165, 1.54) is 11.3 Å². The van der Waals surface area contributed by atoms with Gasteiger partial charge < -0.3 is 4.90 Å². The number of nitrogens with zero attached hydrogens (tertiary/aromatic N) is 1. The maximum atomic E-state index is 2.50. The Morgan fingerprint density at radius 1 is 1.18 bits per heavy atom. The molecular weight excluding hydrogens is 206 g/mol. The Morgan fingerprint density at radius 2 is 2.00 bits per heavy atom. The highest BCUT2D eigenvalue weighted by molar-refractivity contribution is 5.56. The molecule has 0 radical (unpaired) electrons. The zero-order valence-electron chi connectivity index (χ0n) is 10.8. The molecule has 1 heteroatoms.